The fraction of sp³-hybridized carbons (Fsp3) is 0.941. The average molecular weight is 368 g/mol. The molecular weight excluding hydrogens is 333 g/mol. The molecule has 2 rings (SSSR count). The van der Waals surface area contributed by atoms with Gasteiger partial charge in [0.2, 0.25) is 5.91 Å². The van der Waals surface area contributed by atoms with Gasteiger partial charge >= 0.3 is 0 Å². The molecule has 4 nitrogen and oxygen atoms in total. The maximum atomic E-state index is 12.3. The molecule has 0 aromatic carbocycles. The summed E-state index contributed by atoms with van der Waals surface area (Å²) in [6, 6.07) is 0.737. The maximum Gasteiger partial charge on any atom is 0.222 e. The summed E-state index contributed by atoms with van der Waals surface area (Å²) in [5.74, 6) is 1.05. The van der Waals surface area contributed by atoms with Gasteiger partial charge in [-0.2, -0.15) is 0 Å². The highest BCUT2D eigenvalue weighted by atomic mass is 35.5. The number of carbonyl (C=O) groups excluding carboxylic acids is 1. The summed E-state index contributed by atoms with van der Waals surface area (Å²) in [6.45, 7) is 7.72. The number of carbonyl (C=O) groups is 1. The Bertz CT molecular complexity index is 331. The molecule has 0 aliphatic carbocycles. The van der Waals surface area contributed by atoms with E-state index in [2.05, 4.69) is 22.0 Å². The van der Waals surface area contributed by atoms with Crippen LogP contribution in [0.2, 0.25) is 0 Å². The predicted octanol–water partition coefficient (Wildman–Crippen LogP) is 2.94. The summed E-state index contributed by atoms with van der Waals surface area (Å²) in [6.07, 6.45) is 8.23. The van der Waals surface area contributed by atoms with Crippen LogP contribution in [0.5, 0.6) is 0 Å². The lowest BCUT2D eigenvalue weighted by Crippen LogP contribution is -2.46. The maximum absolute atomic E-state index is 12.3. The number of piperidine rings is 2. The van der Waals surface area contributed by atoms with Gasteiger partial charge in [0, 0.05) is 32.1 Å². The predicted molar refractivity (Wildman–Crippen MR) is 102 cm³/mol. The third-order valence-electron chi connectivity index (χ3n) is 5.12. The lowest BCUT2D eigenvalue weighted by molar-refractivity contribution is -0.133. The Morgan fingerprint density at radius 3 is 2.61 bits per heavy atom. The van der Waals surface area contributed by atoms with Crippen molar-refractivity contribution in [1.82, 2.24) is 15.1 Å². The van der Waals surface area contributed by atoms with E-state index in [4.69, 9.17) is 0 Å². The molecule has 0 aromatic heterocycles. The fourth-order valence-corrected chi connectivity index (χ4v) is 3.78. The molecule has 1 N–H and O–H groups in total. The third kappa shape index (κ3) is 7.59. The zero-order valence-corrected chi connectivity index (χ0v) is 16.4. The first-order chi connectivity index (χ1) is 10.2. The summed E-state index contributed by atoms with van der Waals surface area (Å²) in [4.78, 5) is 17.0. The van der Waals surface area contributed by atoms with Crippen LogP contribution in [-0.2, 0) is 4.79 Å². The molecule has 2 aliphatic rings. The van der Waals surface area contributed by atoms with E-state index in [9.17, 15) is 4.79 Å². The van der Waals surface area contributed by atoms with Gasteiger partial charge in [-0.05, 0) is 65.1 Å². The van der Waals surface area contributed by atoms with E-state index in [1.165, 1.54) is 45.2 Å². The molecule has 2 heterocycles. The van der Waals surface area contributed by atoms with Gasteiger partial charge in [-0.1, -0.05) is 6.42 Å². The Hall–Kier alpha value is -0.0300. The van der Waals surface area contributed by atoms with Gasteiger partial charge in [-0.25, -0.2) is 0 Å². The van der Waals surface area contributed by atoms with E-state index in [-0.39, 0.29) is 24.8 Å². The minimum Gasteiger partial charge on any atom is -0.342 e. The Labute approximate surface area is 154 Å². The molecule has 0 saturated carbocycles. The van der Waals surface area contributed by atoms with Gasteiger partial charge in [0.1, 0.15) is 0 Å². The second-order valence-corrected chi connectivity index (χ2v) is 6.89. The summed E-state index contributed by atoms with van der Waals surface area (Å²) >= 11 is 0. The number of nitrogens with zero attached hydrogens (tertiary/aromatic N) is 2. The molecule has 2 unspecified atom stereocenters. The monoisotopic (exact) mass is 367 g/mol. The van der Waals surface area contributed by atoms with Gasteiger partial charge in [-0.3, -0.25) is 4.79 Å². The number of amides is 1. The smallest absolute Gasteiger partial charge is 0.222 e. The van der Waals surface area contributed by atoms with Gasteiger partial charge in [0.15, 0.2) is 0 Å². The SMILES string of the molecule is CNCCCC(=O)N1CCCC(CN2CCCCC2C)C1.Cl.Cl. The highest BCUT2D eigenvalue weighted by molar-refractivity contribution is 5.85. The Balaban J connectivity index is 0.00000242. The number of likely N-dealkylation sites (tertiary alicyclic amines) is 2. The summed E-state index contributed by atoms with van der Waals surface area (Å²) in [5.41, 5.74) is 0. The van der Waals surface area contributed by atoms with Crippen LogP contribution in [0.1, 0.15) is 51.9 Å². The quantitative estimate of drug-likeness (QED) is 0.733. The highest BCUT2D eigenvalue weighted by Gasteiger charge is 2.27. The van der Waals surface area contributed by atoms with Crippen LogP contribution in [0.25, 0.3) is 0 Å². The van der Waals surface area contributed by atoms with Crippen molar-refractivity contribution in [1.29, 1.82) is 0 Å². The van der Waals surface area contributed by atoms with E-state index in [1.54, 1.807) is 0 Å². The number of halogens is 2. The van der Waals surface area contributed by atoms with Crippen LogP contribution in [0.4, 0.5) is 0 Å². The Morgan fingerprint density at radius 2 is 1.91 bits per heavy atom. The molecule has 138 valence electrons. The molecule has 0 spiro atoms. The van der Waals surface area contributed by atoms with E-state index < -0.39 is 0 Å². The van der Waals surface area contributed by atoms with E-state index in [0.29, 0.717) is 18.2 Å². The normalized spacial score (nSPS) is 25.4. The van der Waals surface area contributed by atoms with Gasteiger partial charge in [-0.15, -0.1) is 24.8 Å². The topological polar surface area (TPSA) is 35.6 Å². The minimum atomic E-state index is 0. The molecule has 2 saturated heterocycles. The Kier molecular flexibility index (Phi) is 12.3. The Morgan fingerprint density at radius 1 is 1.13 bits per heavy atom. The molecule has 1 amide bonds. The lowest BCUT2D eigenvalue weighted by Gasteiger charge is -2.39. The van der Waals surface area contributed by atoms with Crippen molar-refractivity contribution < 1.29 is 4.79 Å². The largest absolute Gasteiger partial charge is 0.342 e. The summed E-state index contributed by atoms with van der Waals surface area (Å²) in [7, 11) is 1.95. The fourth-order valence-electron chi connectivity index (χ4n) is 3.78. The van der Waals surface area contributed by atoms with Crippen molar-refractivity contribution in [2.45, 2.75) is 57.9 Å². The summed E-state index contributed by atoms with van der Waals surface area (Å²) in [5, 5.41) is 3.12. The van der Waals surface area contributed by atoms with Crippen LogP contribution in [-0.4, -0.2) is 61.5 Å². The highest BCUT2D eigenvalue weighted by Crippen LogP contribution is 2.23. The van der Waals surface area contributed by atoms with Crippen molar-refractivity contribution >= 4 is 30.7 Å². The van der Waals surface area contributed by atoms with Crippen LogP contribution in [0, 0.1) is 5.92 Å². The molecule has 6 heteroatoms. The number of rotatable bonds is 6. The first-order valence-electron chi connectivity index (χ1n) is 8.87. The summed E-state index contributed by atoms with van der Waals surface area (Å²) < 4.78 is 0. The first-order valence-corrected chi connectivity index (χ1v) is 8.87. The average Bonchev–Trinajstić information content (AvgIpc) is 2.50. The van der Waals surface area contributed by atoms with Crippen LogP contribution >= 0.6 is 24.8 Å². The molecule has 0 radical (unpaired) electrons. The molecule has 2 fully saturated rings. The van der Waals surface area contributed by atoms with Crippen molar-refractivity contribution in [2.24, 2.45) is 5.92 Å². The zero-order chi connectivity index (χ0) is 15.1. The minimum absolute atomic E-state index is 0. The second-order valence-electron chi connectivity index (χ2n) is 6.89. The van der Waals surface area contributed by atoms with E-state index >= 15 is 0 Å². The van der Waals surface area contributed by atoms with Crippen molar-refractivity contribution in [2.75, 3.05) is 39.8 Å². The molecule has 0 bridgehead atoms. The van der Waals surface area contributed by atoms with Gasteiger partial charge in [0.25, 0.3) is 0 Å². The van der Waals surface area contributed by atoms with Gasteiger partial charge in [0.05, 0.1) is 0 Å². The number of hydrogen-bond donors (Lipinski definition) is 1. The zero-order valence-electron chi connectivity index (χ0n) is 14.8. The molecule has 2 atom stereocenters. The van der Waals surface area contributed by atoms with Crippen LogP contribution < -0.4 is 5.32 Å². The van der Waals surface area contributed by atoms with Crippen molar-refractivity contribution in [3.63, 3.8) is 0 Å². The van der Waals surface area contributed by atoms with Crippen LogP contribution in [0.3, 0.4) is 0 Å². The van der Waals surface area contributed by atoms with Crippen molar-refractivity contribution in [3.8, 4) is 0 Å². The molecule has 23 heavy (non-hydrogen) atoms. The van der Waals surface area contributed by atoms with E-state index in [1.807, 2.05) is 7.05 Å². The van der Waals surface area contributed by atoms with Crippen molar-refractivity contribution in [3.05, 3.63) is 0 Å². The van der Waals surface area contributed by atoms with Crippen LogP contribution in [0.15, 0.2) is 0 Å². The number of nitrogens with one attached hydrogen (secondary N) is 1. The molecular formula is C17H35Cl2N3O. The van der Waals surface area contributed by atoms with E-state index in [0.717, 1.165) is 32.1 Å². The molecule has 2 aliphatic heterocycles. The lowest BCUT2D eigenvalue weighted by atomic mass is 9.94. The second kappa shape index (κ2) is 12.3. The number of hydrogen-bond acceptors (Lipinski definition) is 3. The third-order valence-corrected chi connectivity index (χ3v) is 5.12. The standard InChI is InChI=1S/C17H33N3O.2ClH/c1-15-7-3-4-11-19(15)13-16-8-6-12-20(14-16)17(21)9-5-10-18-2;;/h15-16,18H,3-14H2,1-2H3;2*1H. The first kappa shape index (κ1) is 23.0. The molecule has 0 aromatic rings. The van der Waals surface area contributed by atoms with Gasteiger partial charge < -0.3 is 15.1 Å².